The Hall–Kier alpha value is -1.14. The molecule has 0 saturated heterocycles. The number of hydrogen-bond donors (Lipinski definition) is 0. The van der Waals surface area contributed by atoms with Gasteiger partial charge in [0.25, 0.3) is 0 Å². The smallest absolute Gasteiger partial charge is 0.168 e. The molecule has 0 saturated carbocycles. The fourth-order valence-corrected chi connectivity index (χ4v) is 0.959. The number of aromatic nitrogens is 1. The minimum atomic E-state index is 0.436. The molecule has 0 aliphatic heterocycles. The van der Waals surface area contributed by atoms with E-state index in [0.717, 1.165) is 23.6 Å². The molecule has 0 fully saturated rings. The van der Waals surface area contributed by atoms with Crippen LogP contribution < -0.4 is 0 Å². The second kappa shape index (κ2) is 5.50. The van der Waals surface area contributed by atoms with Crippen LogP contribution in [0.4, 0.5) is 0 Å². The van der Waals surface area contributed by atoms with E-state index in [1.54, 1.807) is 18.3 Å². The third kappa shape index (κ3) is 3.39. The van der Waals surface area contributed by atoms with E-state index in [0.29, 0.717) is 5.69 Å². The first-order valence-electron chi connectivity index (χ1n) is 3.83. The standard InChI is InChI=1S/C10H8BrNO/c11-6-2-1-3-9-4-5-10(8-13)12-7-9/h4-5,7-8H,2,6H2. The summed E-state index contributed by atoms with van der Waals surface area (Å²) >= 11 is 3.28. The number of carbonyl (C=O) groups excluding carboxylic acids is 1. The van der Waals surface area contributed by atoms with E-state index in [2.05, 4.69) is 32.8 Å². The van der Waals surface area contributed by atoms with E-state index in [1.165, 1.54) is 0 Å². The van der Waals surface area contributed by atoms with Crippen LogP contribution in [0, 0.1) is 11.8 Å². The van der Waals surface area contributed by atoms with Crippen LogP contribution in [0.5, 0.6) is 0 Å². The minimum Gasteiger partial charge on any atom is -0.296 e. The van der Waals surface area contributed by atoms with Gasteiger partial charge in [0, 0.05) is 23.5 Å². The number of hydrogen-bond acceptors (Lipinski definition) is 2. The molecule has 1 aromatic heterocycles. The predicted molar refractivity (Wildman–Crippen MR) is 54.9 cm³/mol. The van der Waals surface area contributed by atoms with Gasteiger partial charge >= 0.3 is 0 Å². The summed E-state index contributed by atoms with van der Waals surface area (Å²) in [6, 6.07) is 3.45. The van der Waals surface area contributed by atoms with Crippen LogP contribution >= 0.6 is 15.9 Å². The zero-order chi connectivity index (χ0) is 9.52. The van der Waals surface area contributed by atoms with Crippen molar-refractivity contribution in [2.75, 3.05) is 5.33 Å². The van der Waals surface area contributed by atoms with E-state index in [9.17, 15) is 4.79 Å². The summed E-state index contributed by atoms with van der Waals surface area (Å²) in [5.41, 5.74) is 1.28. The highest BCUT2D eigenvalue weighted by Gasteiger charge is 1.89. The molecule has 1 heterocycles. The Morgan fingerprint density at radius 1 is 1.54 bits per heavy atom. The molecule has 0 aliphatic rings. The van der Waals surface area contributed by atoms with Crippen LogP contribution in [-0.4, -0.2) is 16.6 Å². The van der Waals surface area contributed by atoms with Gasteiger partial charge in [-0.3, -0.25) is 9.78 Å². The van der Waals surface area contributed by atoms with Crippen molar-refractivity contribution in [3.63, 3.8) is 0 Å². The summed E-state index contributed by atoms with van der Waals surface area (Å²) in [4.78, 5) is 14.2. The highest BCUT2D eigenvalue weighted by molar-refractivity contribution is 9.09. The molecule has 0 aliphatic carbocycles. The summed E-state index contributed by atoms with van der Waals surface area (Å²) in [6.07, 6.45) is 3.14. The number of alkyl halides is 1. The molecular formula is C10H8BrNO. The van der Waals surface area contributed by atoms with Crippen LogP contribution in [0.2, 0.25) is 0 Å². The lowest BCUT2D eigenvalue weighted by atomic mass is 10.2. The molecule has 66 valence electrons. The Labute approximate surface area is 85.5 Å². The highest BCUT2D eigenvalue weighted by atomic mass is 79.9. The van der Waals surface area contributed by atoms with Crippen molar-refractivity contribution in [3.05, 3.63) is 29.6 Å². The van der Waals surface area contributed by atoms with Crippen molar-refractivity contribution in [3.8, 4) is 11.8 Å². The van der Waals surface area contributed by atoms with Gasteiger partial charge in [-0.15, -0.1) is 0 Å². The van der Waals surface area contributed by atoms with Gasteiger partial charge in [0.1, 0.15) is 5.69 Å². The van der Waals surface area contributed by atoms with Crippen molar-refractivity contribution < 1.29 is 4.79 Å². The number of aldehydes is 1. The van der Waals surface area contributed by atoms with Crippen LogP contribution in [-0.2, 0) is 0 Å². The molecule has 0 spiro atoms. The maximum Gasteiger partial charge on any atom is 0.168 e. The van der Waals surface area contributed by atoms with Crippen molar-refractivity contribution in [2.24, 2.45) is 0 Å². The molecule has 1 aromatic rings. The van der Waals surface area contributed by atoms with Crippen molar-refractivity contribution in [2.45, 2.75) is 6.42 Å². The van der Waals surface area contributed by atoms with Gasteiger partial charge in [0.05, 0.1) is 0 Å². The Morgan fingerprint density at radius 2 is 2.38 bits per heavy atom. The van der Waals surface area contributed by atoms with Crippen molar-refractivity contribution in [1.29, 1.82) is 0 Å². The minimum absolute atomic E-state index is 0.436. The molecule has 0 unspecified atom stereocenters. The third-order valence-corrected chi connectivity index (χ3v) is 1.76. The SMILES string of the molecule is O=Cc1ccc(C#CCCBr)cn1. The molecule has 0 N–H and O–H groups in total. The monoisotopic (exact) mass is 237 g/mol. The van der Waals surface area contributed by atoms with Crippen LogP contribution in [0.25, 0.3) is 0 Å². The number of nitrogens with zero attached hydrogens (tertiary/aromatic N) is 1. The predicted octanol–water partition coefficient (Wildman–Crippen LogP) is 2.03. The average molecular weight is 238 g/mol. The summed E-state index contributed by atoms with van der Waals surface area (Å²) < 4.78 is 0. The van der Waals surface area contributed by atoms with Crippen LogP contribution in [0.15, 0.2) is 18.3 Å². The zero-order valence-corrected chi connectivity index (χ0v) is 8.54. The van der Waals surface area contributed by atoms with Gasteiger partial charge in [-0.05, 0) is 12.1 Å². The summed E-state index contributed by atoms with van der Waals surface area (Å²) in [7, 11) is 0. The molecule has 0 bridgehead atoms. The Kier molecular flexibility index (Phi) is 4.20. The van der Waals surface area contributed by atoms with E-state index in [1.807, 2.05) is 0 Å². The maximum absolute atomic E-state index is 10.3. The van der Waals surface area contributed by atoms with E-state index in [4.69, 9.17) is 0 Å². The number of rotatable bonds is 2. The molecule has 1 rings (SSSR count). The molecule has 2 nitrogen and oxygen atoms in total. The third-order valence-electron chi connectivity index (χ3n) is 1.36. The molecular weight excluding hydrogens is 230 g/mol. The van der Waals surface area contributed by atoms with Crippen molar-refractivity contribution >= 4 is 22.2 Å². The Bertz CT molecular complexity index is 334. The second-order valence-corrected chi connectivity index (χ2v) is 3.12. The quantitative estimate of drug-likeness (QED) is 0.448. The molecule has 13 heavy (non-hydrogen) atoms. The van der Waals surface area contributed by atoms with Gasteiger partial charge in [-0.2, -0.15) is 0 Å². The van der Waals surface area contributed by atoms with E-state index >= 15 is 0 Å². The fourth-order valence-electron chi connectivity index (χ4n) is 0.761. The first-order chi connectivity index (χ1) is 6.36. The molecule has 0 atom stereocenters. The average Bonchev–Trinajstić information content (AvgIpc) is 2.19. The Balaban J connectivity index is 2.71. The van der Waals surface area contributed by atoms with Gasteiger partial charge in [-0.1, -0.05) is 27.8 Å². The summed E-state index contributed by atoms with van der Waals surface area (Å²) in [5, 5.41) is 0.875. The first-order valence-corrected chi connectivity index (χ1v) is 4.95. The lowest BCUT2D eigenvalue weighted by molar-refractivity contribution is 0.111. The normalized spacial score (nSPS) is 8.69. The Morgan fingerprint density at radius 3 is 2.92 bits per heavy atom. The highest BCUT2D eigenvalue weighted by Crippen LogP contribution is 1.96. The lowest BCUT2D eigenvalue weighted by Crippen LogP contribution is -1.85. The largest absolute Gasteiger partial charge is 0.296 e. The number of halogens is 1. The van der Waals surface area contributed by atoms with Gasteiger partial charge in [-0.25, -0.2) is 0 Å². The fraction of sp³-hybridized carbons (Fsp3) is 0.200. The lowest BCUT2D eigenvalue weighted by Gasteiger charge is -1.89. The molecule has 3 heteroatoms. The van der Waals surface area contributed by atoms with E-state index < -0.39 is 0 Å². The van der Waals surface area contributed by atoms with Crippen molar-refractivity contribution in [1.82, 2.24) is 4.98 Å². The van der Waals surface area contributed by atoms with Gasteiger partial charge in [0.15, 0.2) is 6.29 Å². The number of pyridine rings is 1. The second-order valence-electron chi connectivity index (χ2n) is 2.33. The number of carbonyl (C=O) groups is 1. The van der Waals surface area contributed by atoms with Crippen LogP contribution in [0.3, 0.4) is 0 Å². The zero-order valence-electron chi connectivity index (χ0n) is 6.96. The van der Waals surface area contributed by atoms with Crippen LogP contribution in [0.1, 0.15) is 22.5 Å². The van der Waals surface area contributed by atoms with Gasteiger partial charge < -0.3 is 0 Å². The molecule has 0 amide bonds. The van der Waals surface area contributed by atoms with E-state index in [-0.39, 0.29) is 0 Å². The maximum atomic E-state index is 10.3. The molecule has 0 aromatic carbocycles. The summed E-state index contributed by atoms with van der Waals surface area (Å²) in [5.74, 6) is 5.90. The first kappa shape index (κ1) is 9.94. The topological polar surface area (TPSA) is 30.0 Å². The van der Waals surface area contributed by atoms with Gasteiger partial charge in [0.2, 0.25) is 0 Å². The summed E-state index contributed by atoms with van der Waals surface area (Å²) in [6.45, 7) is 0. The molecule has 0 radical (unpaired) electrons.